The molecule has 1 N–H and O–H groups in total. The number of hydrogen-bond acceptors (Lipinski definition) is 4. The van der Waals surface area contributed by atoms with Crippen molar-refractivity contribution in [3.63, 3.8) is 0 Å². The molecular weight excluding hydrogens is 268 g/mol. The van der Waals surface area contributed by atoms with E-state index in [1.54, 1.807) is 0 Å². The van der Waals surface area contributed by atoms with Gasteiger partial charge in [-0.1, -0.05) is 17.7 Å². The Kier molecular flexibility index (Phi) is 3.29. The van der Waals surface area contributed by atoms with E-state index < -0.39 is 11.6 Å². The highest BCUT2D eigenvalue weighted by atomic mass is 16.6. The van der Waals surface area contributed by atoms with Crippen LogP contribution < -0.4 is 0 Å². The normalized spacial score (nSPS) is 25.6. The highest BCUT2D eigenvalue weighted by Gasteiger charge is 2.50. The van der Waals surface area contributed by atoms with Crippen LogP contribution in [-0.2, 0) is 14.3 Å². The van der Waals surface area contributed by atoms with Crippen molar-refractivity contribution in [3.05, 3.63) is 40.1 Å². The van der Waals surface area contributed by atoms with Gasteiger partial charge < -0.3 is 14.6 Å². The molecule has 0 bridgehead atoms. The van der Waals surface area contributed by atoms with Crippen LogP contribution in [0, 0.1) is 20.8 Å². The molecule has 2 aliphatic heterocycles. The van der Waals surface area contributed by atoms with Crippen molar-refractivity contribution in [2.45, 2.75) is 39.2 Å². The number of rotatable bonds is 1. The third-order valence-electron chi connectivity index (χ3n) is 4.29. The summed E-state index contributed by atoms with van der Waals surface area (Å²) in [5.74, 6) is -0.421. The zero-order valence-corrected chi connectivity index (χ0v) is 12.7. The van der Waals surface area contributed by atoms with E-state index in [9.17, 15) is 9.90 Å². The Labute approximate surface area is 124 Å². The predicted molar refractivity (Wildman–Crippen MR) is 79.1 cm³/mol. The maximum absolute atomic E-state index is 12.4. The van der Waals surface area contributed by atoms with Crippen LogP contribution in [0.4, 0.5) is 0 Å². The molecule has 0 radical (unpaired) electrons. The molecule has 2 aliphatic rings. The van der Waals surface area contributed by atoms with E-state index in [0.29, 0.717) is 18.6 Å². The summed E-state index contributed by atoms with van der Waals surface area (Å²) in [4.78, 5) is 12.4. The summed E-state index contributed by atoms with van der Waals surface area (Å²) in [5, 5.41) is 10.7. The second-order valence-electron chi connectivity index (χ2n) is 6.04. The fraction of sp³-hybridized carbons (Fsp3) is 0.471. The Balaban J connectivity index is 2.15. The lowest BCUT2D eigenvalue weighted by molar-refractivity contribution is -0.158. The third kappa shape index (κ3) is 2.14. The van der Waals surface area contributed by atoms with Crippen LogP contribution in [0.25, 0.3) is 5.57 Å². The third-order valence-corrected chi connectivity index (χ3v) is 4.29. The molecule has 1 unspecified atom stereocenters. The second-order valence-corrected chi connectivity index (χ2v) is 6.04. The molecule has 2 heterocycles. The van der Waals surface area contributed by atoms with Crippen LogP contribution in [0.3, 0.4) is 0 Å². The zero-order chi connectivity index (χ0) is 15.2. The SMILES string of the molecule is Cc1cc(C)c(C2=C(O)C3(CCCOC3)OC2=O)c(C)c1. The predicted octanol–water partition coefficient (Wildman–Crippen LogP) is 2.99. The second kappa shape index (κ2) is 4.88. The van der Waals surface area contributed by atoms with Gasteiger partial charge in [0.2, 0.25) is 0 Å². The Morgan fingerprint density at radius 1 is 1.19 bits per heavy atom. The van der Waals surface area contributed by atoms with Crippen molar-refractivity contribution in [3.8, 4) is 0 Å². The number of carbonyl (C=O) groups excluding carboxylic acids is 1. The number of carbonyl (C=O) groups is 1. The minimum atomic E-state index is -0.978. The summed E-state index contributed by atoms with van der Waals surface area (Å²) in [6.07, 6.45) is 1.38. The smallest absolute Gasteiger partial charge is 0.343 e. The lowest BCUT2D eigenvalue weighted by Crippen LogP contribution is -2.41. The van der Waals surface area contributed by atoms with E-state index >= 15 is 0 Å². The average Bonchev–Trinajstić information content (AvgIpc) is 2.63. The van der Waals surface area contributed by atoms with Crippen molar-refractivity contribution in [1.82, 2.24) is 0 Å². The van der Waals surface area contributed by atoms with Gasteiger partial charge in [0.05, 0.1) is 6.61 Å². The van der Waals surface area contributed by atoms with Gasteiger partial charge in [0.25, 0.3) is 0 Å². The van der Waals surface area contributed by atoms with Gasteiger partial charge in [-0.15, -0.1) is 0 Å². The van der Waals surface area contributed by atoms with Crippen LogP contribution in [0.2, 0.25) is 0 Å². The van der Waals surface area contributed by atoms with Crippen molar-refractivity contribution in [2.75, 3.05) is 13.2 Å². The topological polar surface area (TPSA) is 55.8 Å². The van der Waals surface area contributed by atoms with Crippen molar-refractivity contribution in [1.29, 1.82) is 0 Å². The Bertz CT molecular complexity index is 613. The van der Waals surface area contributed by atoms with Crippen molar-refractivity contribution < 1.29 is 19.4 Å². The maximum atomic E-state index is 12.4. The number of esters is 1. The van der Waals surface area contributed by atoms with E-state index in [2.05, 4.69) is 0 Å². The van der Waals surface area contributed by atoms with Crippen molar-refractivity contribution in [2.24, 2.45) is 0 Å². The summed E-state index contributed by atoms with van der Waals surface area (Å²) in [6.45, 7) is 6.79. The van der Waals surface area contributed by atoms with Gasteiger partial charge in [-0.25, -0.2) is 4.79 Å². The summed E-state index contributed by atoms with van der Waals surface area (Å²) in [6, 6.07) is 4.02. The molecule has 1 saturated heterocycles. The molecule has 1 aromatic rings. The molecule has 1 atom stereocenters. The van der Waals surface area contributed by atoms with E-state index in [4.69, 9.17) is 9.47 Å². The molecule has 0 aromatic heterocycles. The summed E-state index contributed by atoms with van der Waals surface area (Å²) in [7, 11) is 0. The number of benzene rings is 1. The Morgan fingerprint density at radius 2 is 1.86 bits per heavy atom. The zero-order valence-electron chi connectivity index (χ0n) is 12.7. The molecule has 0 saturated carbocycles. The quantitative estimate of drug-likeness (QED) is 0.807. The summed E-state index contributed by atoms with van der Waals surface area (Å²) in [5.41, 5.74) is 3.19. The minimum Gasteiger partial charge on any atom is -0.507 e. The molecule has 1 spiro atoms. The summed E-state index contributed by atoms with van der Waals surface area (Å²) >= 11 is 0. The highest BCUT2D eigenvalue weighted by Crippen LogP contribution is 2.42. The lowest BCUT2D eigenvalue weighted by atomic mass is 9.88. The molecule has 4 heteroatoms. The standard InChI is InChI=1S/C17H20O4/c1-10-7-11(2)13(12(3)8-10)14-15(18)17(21-16(14)19)5-4-6-20-9-17/h7-8,18H,4-6,9H2,1-3H3. The number of aliphatic hydroxyl groups is 1. The average molecular weight is 288 g/mol. The van der Waals surface area contributed by atoms with E-state index in [1.165, 1.54) is 0 Å². The first-order valence-electron chi connectivity index (χ1n) is 7.28. The molecule has 1 fully saturated rings. The molecule has 0 amide bonds. The fourth-order valence-electron chi connectivity index (χ4n) is 3.43. The van der Waals surface area contributed by atoms with Gasteiger partial charge in [-0.3, -0.25) is 0 Å². The van der Waals surface area contributed by atoms with Gasteiger partial charge in [0, 0.05) is 6.61 Å². The van der Waals surface area contributed by atoms with Gasteiger partial charge in [0.15, 0.2) is 11.4 Å². The Hall–Kier alpha value is -1.81. The fourth-order valence-corrected chi connectivity index (χ4v) is 3.43. The van der Waals surface area contributed by atoms with E-state index in [0.717, 1.165) is 28.7 Å². The van der Waals surface area contributed by atoms with Crippen LogP contribution in [-0.4, -0.2) is 29.9 Å². The van der Waals surface area contributed by atoms with Crippen LogP contribution in [0.5, 0.6) is 0 Å². The van der Waals surface area contributed by atoms with Gasteiger partial charge in [-0.05, 0) is 50.3 Å². The van der Waals surface area contributed by atoms with Crippen LogP contribution >= 0.6 is 0 Å². The molecule has 1 aromatic carbocycles. The van der Waals surface area contributed by atoms with Crippen molar-refractivity contribution >= 4 is 11.5 Å². The minimum absolute atomic E-state index is 0.0299. The number of ether oxygens (including phenoxy) is 2. The number of hydrogen-bond donors (Lipinski definition) is 1. The molecular formula is C17H20O4. The largest absolute Gasteiger partial charge is 0.507 e. The Morgan fingerprint density at radius 3 is 2.43 bits per heavy atom. The summed E-state index contributed by atoms with van der Waals surface area (Å²) < 4.78 is 10.9. The molecule has 21 heavy (non-hydrogen) atoms. The van der Waals surface area contributed by atoms with Crippen LogP contribution in [0.15, 0.2) is 17.9 Å². The molecule has 0 aliphatic carbocycles. The van der Waals surface area contributed by atoms with E-state index in [-0.39, 0.29) is 12.4 Å². The highest BCUT2D eigenvalue weighted by molar-refractivity contribution is 6.20. The first kappa shape index (κ1) is 14.1. The molecule has 3 rings (SSSR count). The van der Waals surface area contributed by atoms with Gasteiger partial charge >= 0.3 is 5.97 Å². The molecule has 112 valence electrons. The van der Waals surface area contributed by atoms with Crippen LogP contribution in [0.1, 0.15) is 35.1 Å². The van der Waals surface area contributed by atoms with Gasteiger partial charge in [0.1, 0.15) is 5.57 Å². The monoisotopic (exact) mass is 288 g/mol. The number of aliphatic hydroxyl groups excluding tert-OH is 1. The number of aryl methyl sites for hydroxylation is 3. The van der Waals surface area contributed by atoms with E-state index in [1.807, 2.05) is 32.9 Å². The first-order valence-corrected chi connectivity index (χ1v) is 7.28. The molecule has 4 nitrogen and oxygen atoms in total. The lowest BCUT2D eigenvalue weighted by Gasteiger charge is -2.31. The van der Waals surface area contributed by atoms with Gasteiger partial charge in [-0.2, -0.15) is 0 Å². The maximum Gasteiger partial charge on any atom is 0.343 e. The first-order chi connectivity index (χ1) is 9.94.